The Morgan fingerprint density at radius 2 is 1.88 bits per heavy atom. The lowest BCUT2D eigenvalue weighted by atomic mass is 9.96. The normalized spacial score (nSPS) is 10.8. The van der Waals surface area contributed by atoms with Gasteiger partial charge in [0.25, 0.3) is 5.91 Å². The molecular formula is C26H26N4O2. The molecule has 3 aromatic carbocycles. The van der Waals surface area contributed by atoms with Gasteiger partial charge in [0.05, 0.1) is 6.20 Å². The van der Waals surface area contributed by atoms with Crippen molar-refractivity contribution >= 4 is 28.3 Å². The van der Waals surface area contributed by atoms with Crippen molar-refractivity contribution in [3.05, 3.63) is 84.2 Å². The summed E-state index contributed by atoms with van der Waals surface area (Å²) in [5.41, 5.74) is 4.59. The molecule has 0 radical (unpaired) electrons. The number of aryl methyl sites for hydroxylation is 1. The zero-order valence-electron chi connectivity index (χ0n) is 18.5. The third kappa shape index (κ3) is 4.70. The van der Waals surface area contributed by atoms with Crippen LogP contribution >= 0.6 is 0 Å². The third-order valence-electron chi connectivity index (χ3n) is 5.46. The van der Waals surface area contributed by atoms with Gasteiger partial charge in [-0.15, -0.1) is 0 Å². The van der Waals surface area contributed by atoms with E-state index in [9.17, 15) is 9.59 Å². The van der Waals surface area contributed by atoms with Gasteiger partial charge in [0, 0.05) is 45.0 Å². The predicted octanol–water partition coefficient (Wildman–Crippen LogP) is 4.51. The molecule has 1 heterocycles. The zero-order valence-corrected chi connectivity index (χ0v) is 18.5. The molecule has 0 aliphatic carbocycles. The van der Waals surface area contributed by atoms with Gasteiger partial charge in [-0.2, -0.15) is 5.10 Å². The molecule has 162 valence electrons. The smallest absolute Gasteiger partial charge is 0.253 e. The zero-order chi connectivity index (χ0) is 22.7. The summed E-state index contributed by atoms with van der Waals surface area (Å²) >= 11 is 0. The standard InChI is InChI=1S/C26H26N4O2/c1-18(31)28-23-8-4-6-21(15-23)24-9-5-7-20-14-22(10-11-25(20)24)26(32)29(2)13-12-19-16-27-30(3)17-19/h4-11,14-17H,12-13H2,1-3H3,(H,28,31). The van der Waals surface area contributed by atoms with Gasteiger partial charge in [0.1, 0.15) is 0 Å². The van der Waals surface area contributed by atoms with Crippen molar-refractivity contribution < 1.29 is 9.59 Å². The largest absolute Gasteiger partial charge is 0.341 e. The number of hydrogen-bond donors (Lipinski definition) is 1. The number of carbonyl (C=O) groups excluding carboxylic acids is 2. The van der Waals surface area contributed by atoms with E-state index >= 15 is 0 Å². The van der Waals surface area contributed by atoms with Crippen LogP contribution < -0.4 is 5.32 Å². The van der Waals surface area contributed by atoms with Crippen LogP contribution in [0.5, 0.6) is 0 Å². The van der Waals surface area contributed by atoms with E-state index in [1.807, 2.05) is 81.1 Å². The second-order valence-electron chi connectivity index (χ2n) is 8.00. The van der Waals surface area contributed by atoms with E-state index in [1.54, 1.807) is 9.58 Å². The molecule has 0 aliphatic rings. The van der Waals surface area contributed by atoms with Crippen molar-refractivity contribution in [3.8, 4) is 11.1 Å². The van der Waals surface area contributed by atoms with Gasteiger partial charge in [-0.3, -0.25) is 14.3 Å². The molecule has 0 atom stereocenters. The SMILES string of the molecule is CC(=O)Nc1cccc(-c2cccc3cc(C(=O)N(C)CCc4cnn(C)c4)ccc23)c1. The van der Waals surface area contributed by atoms with Gasteiger partial charge in [-0.05, 0) is 58.1 Å². The van der Waals surface area contributed by atoms with Crippen LogP contribution in [-0.2, 0) is 18.3 Å². The fourth-order valence-electron chi connectivity index (χ4n) is 3.86. The Labute approximate surface area is 187 Å². The first-order valence-electron chi connectivity index (χ1n) is 10.5. The van der Waals surface area contributed by atoms with Crippen molar-refractivity contribution in [2.75, 3.05) is 18.9 Å². The Morgan fingerprint density at radius 1 is 1.06 bits per heavy atom. The summed E-state index contributed by atoms with van der Waals surface area (Å²) in [4.78, 5) is 26.1. The lowest BCUT2D eigenvalue weighted by Crippen LogP contribution is -2.28. The Balaban J connectivity index is 1.57. The summed E-state index contributed by atoms with van der Waals surface area (Å²) in [6, 6.07) is 19.7. The van der Waals surface area contributed by atoms with E-state index in [1.165, 1.54) is 6.92 Å². The van der Waals surface area contributed by atoms with E-state index in [0.717, 1.165) is 39.6 Å². The first-order chi connectivity index (χ1) is 15.4. The molecule has 0 unspecified atom stereocenters. The lowest BCUT2D eigenvalue weighted by Gasteiger charge is -2.17. The van der Waals surface area contributed by atoms with E-state index in [2.05, 4.69) is 16.5 Å². The van der Waals surface area contributed by atoms with Crippen LogP contribution in [-0.4, -0.2) is 40.1 Å². The monoisotopic (exact) mass is 426 g/mol. The number of nitrogens with zero attached hydrogens (tertiary/aromatic N) is 3. The van der Waals surface area contributed by atoms with Crippen LogP contribution in [0.25, 0.3) is 21.9 Å². The minimum absolute atomic E-state index is 0.00570. The molecule has 0 spiro atoms. The number of benzene rings is 3. The second-order valence-corrected chi connectivity index (χ2v) is 8.00. The number of anilines is 1. The van der Waals surface area contributed by atoms with Crippen molar-refractivity contribution in [3.63, 3.8) is 0 Å². The van der Waals surface area contributed by atoms with Gasteiger partial charge >= 0.3 is 0 Å². The maximum atomic E-state index is 13.0. The molecule has 32 heavy (non-hydrogen) atoms. The molecule has 0 fully saturated rings. The number of fused-ring (bicyclic) bond motifs is 1. The highest BCUT2D eigenvalue weighted by molar-refractivity contribution is 6.03. The van der Waals surface area contributed by atoms with Crippen LogP contribution in [0.3, 0.4) is 0 Å². The summed E-state index contributed by atoms with van der Waals surface area (Å²) in [5.74, 6) is -0.107. The summed E-state index contributed by atoms with van der Waals surface area (Å²) in [6.45, 7) is 2.12. The van der Waals surface area contributed by atoms with Crippen molar-refractivity contribution in [1.29, 1.82) is 0 Å². The van der Waals surface area contributed by atoms with Gasteiger partial charge in [0.2, 0.25) is 5.91 Å². The number of likely N-dealkylation sites (N-methyl/N-ethyl adjacent to an activating group) is 1. The highest BCUT2D eigenvalue weighted by atomic mass is 16.2. The van der Waals surface area contributed by atoms with Crippen LogP contribution in [0.2, 0.25) is 0 Å². The average molecular weight is 427 g/mol. The highest BCUT2D eigenvalue weighted by Gasteiger charge is 2.14. The predicted molar refractivity (Wildman–Crippen MR) is 128 cm³/mol. The minimum atomic E-state index is -0.101. The minimum Gasteiger partial charge on any atom is -0.341 e. The molecule has 0 saturated carbocycles. The number of nitrogens with one attached hydrogen (secondary N) is 1. The van der Waals surface area contributed by atoms with Crippen molar-refractivity contribution in [2.45, 2.75) is 13.3 Å². The highest BCUT2D eigenvalue weighted by Crippen LogP contribution is 2.31. The molecule has 1 aromatic heterocycles. The van der Waals surface area contributed by atoms with Gasteiger partial charge in [-0.1, -0.05) is 36.4 Å². The van der Waals surface area contributed by atoms with E-state index in [-0.39, 0.29) is 11.8 Å². The molecule has 1 N–H and O–H groups in total. The van der Waals surface area contributed by atoms with Crippen LogP contribution in [0.4, 0.5) is 5.69 Å². The van der Waals surface area contributed by atoms with Crippen LogP contribution in [0.15, 0.2) is 73.1 Å². The number of hydrogen-bond acceptors (Lipinski definition) is 3. The fraction of sp³-hybridized carbons (Fsp3) is 0.192. The van der Waals surface area contributed by atoms with Gasteiger partial charge in [0.15, 0.2) is 0 Å². The molecule has 2 amide bonds. The summed E-state index contributed by atoms with van der Waals surface area (Å²) in [7, 11) is 3.71. The number of rotatable bonds is 6. The van der Waals surface area contributed by atoms with Crippen molar-refractivity contribution in [2.24, 2.45) is 7.05 Å². The molecular weight excluding hydrogens is 400 g/mol. The first kappa shape index (κ1) is 21.3. The maximum Gasteiger partial charge on any atom is 0.253 e. The Hall–Kier alpha value is -3.93. The molecule has 4 rings (SSSR count). The van der Waals surface area contributed by atoms with E-state index in [0.29, 0.717) is 12.1 Å². The summed E-state index contributed by atoms with van der Waals surface area (Å²) in [5, 5.41) is 9.06. The second kappa shape index (κ2) is 9.06. The first-order valence-corrected chi connectivity index (χ1v) is 10.5. The van der Waals surface area contributed by atoms with E-state index < -0.39 is 0 Å². The Kier molecular flexibility index (Phi) is 6.03. The lowest BCUT2D eigenvalue weighted by molar-refractivity contribution is -0.114. The number of carbonyl (C=O) groups is 2. The topological polar surface area (TPSA) is 67.2 Å². The molecule has 4 aromatic rings. The number of aromatic nitrogens is 2. The molecule has 0 aliphatic heterocycles. The fourth-order valence-corrected chi connectivity index (χ4v) is 3.86. The quantitative estimate of drug-likeness (QED) is 0.493. The van der Waals surface area contributed by atoms with Crippen LogP contribution in [0.1, 0.15) is 22.8 Å². The molecule has 6 nitrogen and oxygen atoms in total. The van der Waals surface area contributed by atoms with E-state index in [4.69, 9.17) is 0 Å². The molecule has 6 heteroatoms. The Bertz CT molecular complexity index is 1290. The molecule has 0 bridgehead atoms. The summed E-state index contributed by atoms with van der Waals surface area (Å²) < 4.78 is 1.77. The van der Waals surface area contributed by atoms with Gasteiger partial charge < -0.3 is 10.2 Å². The van der Waals surface area contributed by atoms with Gasteiger partial charge in [-0.25, -0.2) is 0 Å². The molecule has 0 saturated heterocycles. The number of amides is 2. The summed E-state index contributed by atoms with van der Waals surface area (Å²) in [6.07, 6.45) is 4.56. The van der Waals surface area contributed by atoms with Crippen LogP contribution in [0, 0.1) is 0 Å². The maximum absolute atomic E-state index is 13.0. The van der Waals surface area contributed by atoms with Crippen molar-refractivity contribution in [1.82, 2.24) is 14.7 Å². The average Bonchev–Trinajstić information content (AvgIpc) is 3.21. The Morgan fingerprint density at radius 3 is 2.62 bits per heavy atom. The third-order valence-corrected chi connectivity index (χ3v) is 5.46.